The second-order valence-electron chi connectivity index (χ2n) is 12.0. The molecule has 1 atom stereocenters. The molecule has 39 heavy (non-hydrogen) atoms. The fourth-order valence-electron chi connectivity index (χ4n) is 5.41. The van der Waals surface area contributed by atoms with Crippen LogP contribution in [0.25, 0.3) is 0 Å². The fraction of sp³-hybridized carbons (Fsp3) is 0.655. The van der Waals surface area contributed by atoms with Crippen LogP contribution in [-0.4, -0.2) is 65.7 Å². The molecule has 1 aliphatic carbocycles. The summed E-state index contributed by atoms with van der Waals surface area (Å²) in [7, 11) is 0. The molecule has 3 fully saturated rings. The molecular weight excluding hydrogens is 518 g/mol. The van der Waals surface area contributed by atoms with Gasteiger partial charge in [0.15, 0.2) is 6.10 Å². The number of carboxylic acid groups (broad SMARTS) is 1. The summed E-state index contributed by atoms with van der Waals surface area (Å²) in [5.74, 6) is 5.29. The van der Waals surface area contributed by atoms with Gasteiger partial charge in [0.25, 0.3) is 5.91 Å². The van der Waals surface area contributed by atoms with E-state index in [9.17, 15) is 24.3 Å². The van der Waals surface area contributed by atoms with Gasteiger partial charge in [-0.25, -0.2) is 9.59 Å². The lowest BCUT2D eigenvalue weighted by molar-refractivity contribution is -0.127. The molecule has 3 heterocycles. The van der Waals surface area contributed by atoms with Gasteiger partial charge in [0, 0.05) is 43.4 Å². The number of likely N-dealkylation sites (tertiary alicyclic amines) is 1. The number of ether oxygens (including phenoxy) is 1. The van der Waals surface area contributed by atoms with Crippen molar-refractivity contribution in [2.45, 2.75) is 84.8 Å². The highest BCUT2D eigenvalue weighted by Crippen LogP contribution is 2.38. The molecule has 4 rings (SSSR count). The molecule has 1 saturated carbocycles. The summed E-state index contributed by atoms with van der Waals surface area (Å²) in [4.78, 5) is 54.9. The van der Waals surface area contributed by atoms with Crippen LogP contribution in [-0.2, 0) is 14.3 Å². The Bertz CT molecular complexity index is 1160. The number of carboxylic acids is 1. The van der Waals surface area contributed by atoms with E-state index < -0.39 is 18.2 Å². The molecule has 1 aromatic rings. The van der Waals surface area contributed by atoms with Crippen LogP contribution in [0, 0.1) is 29.1 Å². The van der Waals surface area contributed by atoms with Gasteiger partial charge in [-0.1, -0.05) is 18.8 Å². The number of hydrogen-bond donors (Lipinski definition) is 2. The highest BCUT2D eigenvalue weighted by molar-refractivity contribution is 7.15. The van der Waals surface area contributed by atoms with E-state index in [0.29, 0.717) is 55.4 Å². The lowest BCUT2D eigenvalue weighted by atomic mass is 9.82. The number of amides is 3. The van der Waals surface area contributed by atoms with Gasteiger partial charge < -0.3 is 25.0 Å². The van der Waals surface area contributed by atoms with E-state index >= 15 is 0 Å². The Labute approximate surface area is 234 Å². The van der Waals surface area contributed by atoms with E-state index in [2.05, 4.69) is 24.1 Å². The normalized spacial score (nSPS) is 23.9. The van der Waals surface area contributed by atoms with Crippen molar-refractivity contribution in [3.05, 3.63) is 15.8 Å². The van der Waals surface area contributed by atoms with Gasteiger partial charge in [-0.2, -0.15) is 0 Å². The molecule has 3 aliphatic rings. The second-order valence-corrected chi connectivity index (χ2v) is 13.0. The number of anilines is 1. The van der Waals surface area contributed by atoms with E-state index in [1.54, 1.807) is 15.9 Å². The summed E-state index contributed by atoms with van der Waals surface area (Å²) in [6.07, 6.45) is 3.65. The number of thiophene rings is 1. The zero-order valence-electron chi connectivity index (χ0n) is 23.2. The zero-order chi connectivity index (χ0) is 28.3. The number of piperidine rings is 1. The molecule has 0 spiro atoms. The SMILES string of the molecule is CC1CCC(C(=O)N(c2cc(C#CC(C)(C)C)sc2C(=O)O)C2CCN(C(=O)O[C@H]3CCNC3=O)CC2)CC1. The molecule has 0 unspecified atom stereocenters. The first kappa shape index (κ1) is 28.9. The van der Waals surface area contributed by atoms with Crippen LogP contribution in [0.4, 0.5) is 10.5 Å². The maximum atomic E-state index is 14.0. The highest BCUT2D eigenvalue weighted by atomic mass is 32.1. The lowest BCUT2D eigenvalue weighted by Crippen LogP contribution is -2.51. The van der Waals surface area contributed by atoms with Gasteiger partial charge in [-0.05, 0) is 71.3 Å². The van der Waals surface area contributed by atoms with E-state index in [4.69, 9.17) is 4.74 Å². The lowest BCUT2D eigenvalue weighted by Gasteiger charge is -2.40. The number of rotatable bonds is 5. The molecule has 0 radical (unpaired) electrons. The van der Waals surface area contributed by atoms with Crippen molar-refractivity contribution in [2.24, 2.45) is 17.3 Å². The van der Waals surface area contributed by atoms with Gasteiger partial charge in [0.2, 0.25) is 5.91 Å². The van der Waals surface area contributed by atoms with E-state index in [1.807, 2.05) is 20.8 Å². The van der Waals surface area contributed by atoms with Crippen LogP contribution in [0.3, 0.4) is 0 Å². The third-order valence-corrected chi connectivity index (χ3v) is 8.69. The molecule has 10 heteroatoms. The fourth-order valence-corrected chi connectivity index (χ4v) is 6.25. The van der Waals surface area contributed by atoms with Crippen LogP contribution >= 0.6 is 11.3 Å². The average Bonchev–Trinajstić information content (AvgIpc) is 3.49. The number of nitrogens with one attached hydrogen (secondary N) is 1. The minimum Gasteiger partial charge on any atom is -0.477 e. The summed E-state index contributed by atoms with van der Waals surface area (Å²) >= 11 is 1.10. The van der Waals surface area contributed by atoms with Gasteiger partial charge in [-0.15, -0.1) is 11.3 Å². The predicted octanol–water partition coefficient (Wildman–Crippen LogP) is 4.49. The number of carbonyl (C=O) groups is 4. The Kier molecular flexibility index (Phi) is 8.90. The topological polar surface area (TPSA) is 116 Å². The monoisotopic (exact) mass is 557 g/mol. The summed E-state index contributed by atoms with van der Waals surface area (Å²) < 4.78 is 5.41. The Balaban J connectivity index is 1.58. The summed E-state index contributed by atoms with van der Waals surface area (Å²) in [5, 5.41) is 12.7. The van der Waals surface area contributed by atoms with E-state index in [0.717, 1.165) is 37.0 Å². The minimum atomic E-state index is -1.08. The standard InChI is InChI=1S/C29H39N3O6S/c1-18-5-7-19(8-6-18)26(34)32(22-17-21(9-13-29(2,3)4)39-24(22)27(35)36)20-11-15-31(16-12-20)28(37)38-23-10-14-30-25(23)33/h17-20,23H,5-8,10-12,14-16H2,1-4H3,(H,30,33)(H,35,36)/t18?,19?,23-/m0/s1. The van der Waals surface area contributed by atoms with Crippen molar-refractivity contribution < 1.29 is 29.0 Å². The number of carbonyl (C=O) groups excluding carboxylic acids is 3. The van der Waals surface area contributed by atoms with Crippen molar-refractivity contribution >= 4 is 40.9 Å². The average molecular weight is 558 g/mol. The van der Waals surface area contributed by atoms with Crippen LogP contribution in [0.5, 0.6) is 0 Å². The largest absolute Gasteiger partial charge is 0.477 e. The Morgan fingerprint density at radius 3 is 2.33 bits per heavy atom. The smallest absolute Gasteiger partial charge is 0.410 e. The summed E-state index contributed by atoms with van der Waals surface area (Å²) in [6, 6.07) is 1.49. The van der Waals surface area contributed by atoms with Gasteiger partial charge in [0.1, 0.15) is 4.88 Å². The van der Waals surface area contributed by atoms with Crippen molar-refractivity contribution in [2.75, 3.05) is 24.5 Å². The number of aromatic carboxylic acids is 1. The first-order valence-corrected chi connectivity index (χ1v) is 14.7. The highest BCUT2D eigenvalue weighted by Gasteiger charge is 2.38. The van der Waals surface area contributed by atoms with Crippen molar-refractivity contribution in [1.82, 2.24) is 10.2 Å². The number of hydrogen-bond acceptors (Lipinski definition) is 6. The van der Waals surface area contributed by atoms with Crippen molar-refractivity contribution in [1.29, 1.82) is 0 Å². The second kappa shape index (κ2) is 12.0. The van der Waals surface area contributed by atoms with Gasteiger partial charge >= 0.3 is 12.1 Å². The van der Waals surface area contributed by atoms with Crippen LogP contribution < -0.4 is 10.2 Å². The van der Waals surface area contributed by atoms with E-state index in [-0.39, 0.29) is 34.1 Å². The Morgan fingerprint density at radius 2 is 1.77 bits per heavy atom. The molecule has 2 saturated heterocycles. The van der Waals surface area contributed by atoms with Gasteiger partial charge in [-0.3, -0.25) is 9.59 Å². The maximum absolute atomic E-state index is 14.0. The summed E-state index contributed by atoms with van der Waals surface area (Å²) in [5.41, 5.74) is 0.153. The molecule has 212 valence electrons. The molecular formula is C29H39N3O6S. The molecule has 0 aromatic carbocycles. The molecule has 0 bridgehead atoms. The number of nitrogens with zero attached hydrogens (tertiary/aromatic N) is 2. The molecule has 3 amide bonds. The molecule has 9 nitrogen and oxygen atoms in total. The summed E-state index contributed by atoms with van der Waals surface area (Å²) in [6.45, 7) is 9.37. The van der Waals surface area contributed by atoms with Crippen molar-refractivity contribution in [3.63, 3.8) is 0 Å². The first-order valence-electron chi connectivity index (χ1n) is 13.9. The quantitative estimate of drug-likeness (QED) is 0.516. The maximum Gasteiger partial charge on any atom is 0.410 e. The third kappa shape index (κ3) is 7.13. The van der Waals surface area contributed by atoms with E-state index in [1.165, 1.54) is 0 Å². The molecule has 1 aromatic heterocycles. The van der Waals surface area contributed by atoms with Crippen LogP contribution in [0.15, 0.2) is 6.07 Å². The first-order chi connectivity index (χ1) is 18.4. The Hall–Kier alpha value is -3.06. The van der Waals surface area contributed by atoms with Gasteiger partial charge in [0.05, 0.1) is 10.6 Å². The molecule has 2 N–H and O–H groups in total. The zero-order valence-corrected chi connectivity index (χ0v) is 24.1. The van der Waals surface area contributed by atoms with Crippen LogP contribution in [0.2, 0.25) is 0 Å². The molecule has 2 aliphatic heterocycles. The predicted molar refractivity (Wildman–Crippen MR) is 149 cm³/mol. The Morgan fingerprint density at radius 1 is 1.10 bits per heavy atom. The van der Waals surface area contributed by atoms with Crippen LogP contribution in [0.1, 0.15) is 87.2 Å². The van der Waals surface area contributed by atoms with Crippen molar-refractivity contribution in [3.8, 4) is 11.8 Å². The minimum absolute atomic E-state index is 0.0406. The third-order valence-electron chi connectivity index (χ3n) is 7.66.